The summed E-state index contributed by atoms with van der Waals surface area (Å²) in [5, 5.41) is 11.5. The van der Waals surface area contributed by atoms with Crippen LogP contribution in [-0.2, 0) is 31.8 Å². The summed E-state index contributed by atoms with van der Waals surface area (Å²) in [5.74, 6) is 0.828. The van der Waals surface area contributed by atoms with E-state index in [1.165, 1.54) is 11.6 Å². The lowest BCUT2D eigenvalue weighted by Gasteiger charge is -2.28. The van der Waals surface area contributed by atoms with Crippen LogP contribution >= 0.6 is 0 Å². The Morgan fingerprint density at radius 3 is 2.57 bits per heavy atom. The summed E-state index contributed by atoms with van der Waals surface area (Å²) in [6.45, 7) is 4.64. The van der Waals surface area contributed by atoms with Crippen molar-refractivity contribution >= 4 is 10.9 Å². The molecule has 0 saturated carbocycles. The number of nitrogens with zero attached hydrogens (tertiary/aromatic N) is 3. The first-order chi connectivity index (χ1) is 16.9. The van der Waals surface area contributed by atoms with Gasteiger partial charge in [0.1, 0.15) is 17.6 Å². The van der Waals surface area contributed by atoms with Gasteiger partial charge in [-0.2, -0.15) is 0 Å². The number of fused-ring (bicyclic) bond motifs is 3. The molecule has 8 nitrogen and oxygen atoms in total. The number of phenols is 1. The second-order valence-electron chi connectivity index (χ2n) is 8.64. The van der Waals surface area contributed by atoms with Crippen molar-refractivity contribution in [3.05, 3.63) is 92.8 Å². The summed E-state index contributed by atoms with van der Waals surface area (Å²) in [5.41, 5.74) is 3.22. The molecule has 1 N–H and O–H groups in total. The van der Waals surface area contributed by atoms with Gasteiger partial charge in [-0.15, -0.1) is 6.58 Å². The van der Waals surface area contributed by atoms with Gasteiger partial charge in [0.25, 0.3) is 5.56 Å². The van der Waals surface area contributed by atoms with Crippen molar-refractivity contribution in [2.75, 3.05) is 13.7 Å². The van der Waals surface area contributed by atoms with E-state index >= 15 is 0 Å². The van der Waals surface area contributed by atoms with Crippen LogP contribution in [0.25, 0.3) is 22.2 Å². The molecule has 0 spiro atoms. The van der Waals surface area contributed by atoms with Crippen LogP contribution in [0.5, 0.6) is 11.5 Å². The average molecular weight is 474 g/mol. The quantitative estimate of drug-likeness (QED) is 0.450. The molecule has 0 amide bonds. The molecule has 0 aliphatic carbocycles. The summed E-state index contributed by atoms with van der Waals surface area (Å²) < 4.78 is 16.2. The molecule has 2 aromatic carbocycles. The van der Waals surface area contributed by atoms with Gasteiger partial charge in [-0.25, -0.2) is 4.79 Å². The number of rotatable bonds is 5. The predicted molar refractivity (Wildman–Crippen MR) is 134 cm³/mol. The van der Waals surface area contributed by atoms with Crippen LogP contribution in [0.4, 0.5) is 0 Å². The third-order valence-electron chi connectivity index (χ3n) is 6.71. The summed E-state index contributed by atoms with van der Waals surface area (Å²) in [6, 6.07) is 13.0. The number of hydrogen-bond donors (Lipinski definition) is 1. The lowest BCUT2D eigenvalue weighted by Crippen LogP contribution is -2.37. The minimum absolute atomic E-state index is 0.125. The molecule has 0 radical (unpaired) electrons. The molecule has 0 unspecified atom stereocenters. The largest absolute Gasteiger partial charge is 0.507 e. The number of hydrogen-bond acceptors (Lipinski definition) is 5. The molecule has 1 aliphatic heterocycles. The molecule has 0 saturated heterocycles. The predicted octanol–water partition coefficient (Wildman–Crippen LogP) is 3.27. The van der Waals surface area contributed by atoms with Crippen LogP contribution in [-0.4, -0.2) is 32.5 Å². The lowest BCUT2D eigenvalue weighted by molar-refractivity contribution is 0.0464. The van der Waals surface area contributed by atoms with E-state index in [1.807, 2.05) is 47.0 Å². The number of aromatic hydroxyl groups is 1. The van der Waals surface area contributed by atoms with Crippen LogP contribution < -0.4 is 16.0 Å². The number of methoxy groups -OCH3 is 1. The highest BCUT2D eigenvalue weighted by Gasteiger charge is 2.34. The van der Waals surface area contributed by atoms with Crippen molar-refractivity contribution in [2.24, 2.45) is 14.1 Å². The van der Waals surface area contributed by atoms with E-state index in [4.69, 9.17) is 9.47 Å². The topological polar surface area (TPSA) is 87.6 Å². The fraction of sp³-hybridized carbons (Fsp3) is 0.259. The molecule has 3 heterocycles. The normalized spacial score (nSPS) is 15.2. The van der Waals surface area contributed by atoms with E-state index in [-0.39, 0.29) is 11.3 Å². The van der Waals surface area contributed by atoms with Crippen LogP contribution in [0.1, 0.15) is 22.9 Å². The second-order valence-corrected chi connectivity index (χ2v) is 8.64. The molecule has 4 aromatic rings. The van der Waals surface area contributed by atoms with Crippen LogP contribution in [0.2, 0.25) is 0 Å². The van der Waals surface area contributed by atoms with Crippen molar-refractivity contribution in [3.63, 3.8) is 0 Å². The van der Waals surface area contributed by atoms with Gasteiger partial charge in [0, 0.05) is 26.2 Å². The van der Waals surface area contributed by atoms with E-state index in [2.05, 4.69) is 6.58 Å². The van der Waals surface area contributed by atoms with Gasteiger partial charge in [-0.3, -0.25) is 13.9 Å². The van der Waals surface area contributed by atoms with Crippen LogP contribution in [0, 0.1) is 0 Å². The Kier molecular flexibility index (Phi) is 5.61. The van der Waals surface area contributed by atoms with Crippen molar-refractivity contribution in [1.29, 1.82) is 0 Å². The molecule has 8 heteroatoms. The molecular weight excluding hydrogens is 446 g/mol. The Balaban J connectivity index is 1.89. The number of phenolic OH excluding ortho intramolecular Hbond substituents is 1. The molecule has 1 aliphatic rings. The first-order valence-electron chi connectivity index (χ1n) is 11.4. The third-order valence-corrected chi connectivity index (χ3v) is 6.71. The van der Waals surface area contributed by atoms with Crippen molar-refractivity contribution < 1.29 is 14.6 Å². The summed E-state index contributed by atoms with van der Waals surface area (Å²) in [4.78, 5) is 26.5. The molecule has 35 heavy (non-hydrogen) atoms. The first-order valence-corrected chi connectivity index (χ1v) is 11.4. The minimum atomic E-state index is -0.666. The fourth-order valence-electron chi connectivity index (χ4n) is 5.01. The van der Waals surface area contributed by atoms with E-state index < -0.39 is 11.8 Å². The smallest absolute Gasteiger partial charge is 0.331 e. The summed E-state index contributed by atoms with van der Waals surface area (Å²) in [6.07, 6.45) is 1.57. The SMILES string of the molecule is C=CCc1cccc([C@@H]2OCCn3c(-c4ccc(OC)cc4)c4c(=O)n(C)c(=O)n(C)c4c32)c1O. The second kappa shape index (κ2) is 8.63. The Morgan fingerprint density at radius 1 is 1.14 bits per heavy atom. The Hall–Kier alpha value is -4.04. The monoisotopic (exact) mass is 473 g/mol. The molecule has 0 bridgehead atoms. The van der Waals surface area contributed by atoms with Gasteiger partial charge in [0.15, 0.2) is 0 Å². The number of aryl methyl sites for hydroxylation is 1. The highest BCUT2D eigenvalue weighted by Crippen LogP contribution is 2.43. The minimum Gasteiger partial charge on any atom is -0.507 e. The number of aromatic nitrogens is 3. The molecule has 180 valence electrons. The molecular formula is C27H27N3O5. The first kappa shape index (κ1) is 22.7. The average Bonchev–Trinajstić information content (AvgIpc) is 3.23. The van der Waals surface area contributed by atoms with Crippen LogP contribution in [0.3, 0.4) is 0 Å². The zero-order valence-electron chi connectivity index (χ0n) is 19.9. The Morgan fingerprint density at radius 2 is 1.89 bits per heavy atom. The Labute approximate surface area is 201 Å². The standard InChI is InChI=1S/C27H27N3O5/c1-5-7-17-8-6-9-19(24(17)31)25-23-22-20(26(32)29(3)27(33)28(22)2)21(30(23)14-15-35-25)16-10-12-18(34-4)13-11-16/h5-6,8-13,25,31H,1,7,14-15H2,2-4H3/t25-/m0/s1. The van der Waals surface area contributed by atoms with E-state index in [9.17, 15) is 14.7 Å². The third kappa shape index (κ3) is 3.40. The van der Waals surface area contributed by atoms with E-state index in [0.29, 0.717) is 53.2 Å². The number of ether oxygens (including phenoxy) is 2. The maximum Gasteiger partial charge on any atom is 0.331 e. The molecule has 0 fully saturated rings. The van der Waals surface area contributed by atoms with Gasteiger partial charge in [-0.1, -0.05) is 24.3 Å². The van der Waals surface area contributed by atoms with Gasteiger partial charge >= 0.3 is 5.69 Å². The maximum atomic E-state index is 13.5. The fourth-order valence-corrected chi connectivity index (χ4v) is 5.01. The van der Waals surface area contributed by atoms with Gasteiger partial charge in [0.2, 0.25) is 0 Å². The maximum absolute atomic E-state index is 13.5. The number of benzene rings is 2. The number of allylic oxidation sites excluding steroid dienone is 1. The summed E-state index contributed by atoms with van der Waals surface area (Å²) >= 11 is 0. The Bertz CT molecular complexity index is 1570. The lowest BCUT2D eigenvalue weighted by atomic mass is 9.99. The van der Waals surface area contributed by atoms with Gasteiger partial charge in [0.05, 0.1) is 36.0 Å². The highest BCUT2D eigenvalue weighted by atomic mass is 16.5. The zero-order valence-corrected chi connectivity index (χ0v) is 19.9. The highest BCUT2D eigenvalue weighted by molar-refractivity contribution is 5.96. The number of para-hydroxylation sites is 1. The van der Waals surface area contributed by atoms with Crippen molar-refractivity contribution in [2.45, 2.75) is 19.1 Å². The molecule has 5 rings (SSSR count). The summed E-state index contributed by atoms with van der Waals surface area (Å²) in [7, 11) is 4.74. The van der Waals surface area contributed by atoms with Gasteiger partial charge < -0.3 is 19.1 Å². The van der Waals surface area contributed by atoms with Crippen LogP contribution in [0.15, 0.2) is 64.7 Å². The van der Waals surface area contributed by atoms with E-state index in [1.54, 1.807) is 20.2 Å². The van der Waals surface area contributed by atoms with E-state index in [0.717, 1.165) is 15.7 Å². The molecule has 2 aromatic heterocycles. The van der Waals surface area contributed by atoms with Crippen molar-refractivity contribution in [3.8, 4) is 22.8 Å². The zero-order chi connectivity index (χ0) is 24.9. The van der Waals surface area contributed by atoms with Crippen molar-refractivity contribution in [1.82, 2.24) is 13.7 Å². The van der Waals surface area contributed by atoms with Gasteiger partial charge in [-0.05, 0) is 41.8 Å². The molecule has 1 atom stereocenters.